The van der Waals surface area contributed by atoms with E-state index in [1.807, 2.05) is 12.1 Å². The Kier molecular flexibility index (Phi) is 8.25. The van der Waals surface area contributed by atoms with Crippen LogP contribution in [0.4, 0.5) is 0 Å². The van der Waals surface area contributed by atoms with Gasteiger partial charge in [-0.3, -0.25) is 9.69 Å². The molecule has 0 bridgehead atoms. The Balaban J connectivity index is 1.12. The summed E-state index contributed by atoms with van der Waals surface area (Å²) >= 11 is 0. The molecule has 8 heteroatoms. The van der Waals surface area contributed by atoms with Gasteiger partial charge < -0.3 is 20.2 Å². The number of nitrogens with one attached hydrogen (secondary N) is 3. The number of aromatic nitrogens is 4. The van der Waals surface area contributed by atoms with Gasteiger partial charge in [0.2, 0.25) is 0 Å². The molecule has 1 amide bonds. The average molecular weight is 488 g/mol. The second kappa shape index (κ2) is 12.1. The first-order valence-corrected chi connectivity index (χ1v) is 13.2. The molecule has 8 nitrogen and oxygen atoms in total. The zero-order valence-electron chi connectivity index (χ0n) is 20.9. The first-order chi connectivity index (χ1) is 17.7. The second-order valence-electron chi connectivity index (χ2n) is 9.90. The molecule has 1 aliphatic heterocycles. The summed E-state index contributed by atoms with van der Waals surface area (Å²) in [7, 11) is 0. The third-order valence-corrected chi connectivity index (χ3v) is 7.42. The van der Waals surface area contributed by atoms with E-state index in [0.29, 0.717) is 24.7 Å². The molecule has 0 saturated heterocycles. The van der Waals surface area contributed by atoms with Gasteiger partial charge in [-0.25, -0.2) is 9.97 Å². The van der Waals surface area contributed by atoms with Gasteiger partial charge in [0.05, 0.1) is 13.1 Å². The molecule has 2 aliphatic rings. The Morgan fingerprint density at radius 2 is 1.53 bits per heavy atom. The fraction of sp³-hybridized carbons (Fsp3) is 0.464. The fourth-order valence-corrected chi connectivity index (χ4v) is 5.38. The number of aromatic amines is 2. The minimum absolute atomic E-state index is 0.0376. The Bertz CT molecular complexity index is 1040. The first-order valence-electron chi connectivity index (χ1n) is 13.2. The molecule has 3 N–H and O–H groups in total. The standard InChI is InChI=1S/C28H37N7O/c36-28(35(20-26-29-13-14-30-26)21-27-31-15-16-32-27)23-7-5-22(6-8-23)19-33-24-9-11-25(12-10-24)34-17-3-1-2-4-18-34/h1-2,5-8,13-16,24-25,33H,3-4,9-12,17-21H2,(H,29,30)(H,31,32)/t24-,25-. The molecule has 0 spiro atoms. The van der Waals surface area contributed by atoms with Crippen molar-refractivity contribution in [3.05, 3.63) is 84.0 Å². The third-order valence-electron chi connectivity index (χ3n) is 7.42. The maximum absolute atomic E-state index is 13.3. The van der Waals surface area contributed by atoms with Crippen molar-refractivity contribution in [2.75, 3.05) is 13.1 Å². The summed E-state index contributed by atoms with van der Waals surface area (Å²) in [6, 6.07) is 9.31. The van der Waals surface area contributed by atoms with Crippen LogP contribution in [-0.4, -0.2) is 60.8 Å². The predicted molar refractivity (Wildman–Crippen MR) is 140 cm³/mol. The summed E-state index contributed by atoms with van der Waals surface area (Å²) in [5, 5.41) is 3.75. The van der Waals surface area contributed by atoms with Gasteiger partial charge in [0.15, 0.2) is 0 Å². The van der Waals surface area contributed by atoms with Crippen LogP contribution >= 0.6 is 0 Å². The smallest absolute Gasteiger partial charge is 0.254 e. The van der Waals surface area contributed by atoms with Crippen LogP contribution in [0.2, 0.25) is 0 Å². The topological polar surface area (TPSA) is 92.9 Å². The monoisotopic (exact) mass is 487 g/mol. The molecule has 5 rings (SSSR count). The molecule has 0 unspecified atom stereocenters. The molecule has 2 aromatic heterocycles. The minimum Gasteiger partial charge on any atom is -0.347 e. The second-order valence-corrected chi connectivity index (χ2v) is 9.90. The lowest BCUT2D eigenvalue weighted by atomic mass is 9.90. The number of benzene rings is 1. The maximum atomic E-state index is 13.3. The molecule has 0 atom stereocenters. The van der Waals surface area contributed by atoms with Crippen molar-refractivity contribution in [1.82, 2.24) is 35.1 Å². The molecule has 3 heterocycles. The van der Waals surface area contributed by atoms with Crippen LogP contribution < -0.4 is 5.32 Å². The normalized spacial score (nSPS) is 20.8. The van der Waals surface area contributed by atoms with Gasteiger partial charge in [0.1, 0.15) is 11.6 Å². The minimum atomic E-state index is -0.0376. The van der Waals surface area contributed by atoms with E-state index < -0.39 is 0 Å². The zero-order chi connectivity index (χ0) is 24.6. The van der Waals surface area contributed by atoms with Crippen LogP contribution in [0.1, 0.15) is 66.1 Å². The molecule has 1 aromatic carbocycles. The van der Waals surface area contributed by atoms with Crippen LogP contribution in [0.15, 0.2) is 61.2 Å². The molecular weight excluding hydrogens is 450 g/mol. The number of hydrogen-bond acceptors (Lipinski definition) is 5. The number of H-pyrrole nitrogens is 2. The van der Waals surface area contributed by atoms with E-state index in [1.54, 1.807) is 29.7 Å². The number of imidazole rings is 2. The number of amides is 1. The Hall–Kier alpha value is -3.23. The van der Waals surface area contributed by atoms with Gasteiger partial charge in [-0.1, -0.05) is 24.3 Å². The SMILES string of the molecule is O=C(c1ccc(CN[C@H]2CC[C@H](N3CCC=CCC3)CC2)cc1)N(Cc1ncc[nH]1)Cc1ncc[nH]1. The highest BCUT2D eigenvalue weighted by atomic mass is 16.2. The number of rotatable bonds is 9. The Morgan fingerprint density at radius 3 is 2.08 bits per heavy atom. The molecule has 1 saturated carbocycles. The largest absolute Gasteiger partial charge is 0.347 e. The van der Waals surface area contributed by atoms with Gasteiger partial charge in [-0.15, -0.1) is 0 Å². The van der Waals surface area contributed by atoms with Gasteiger partial charge in [-0.2, -0.15) is 0 Å². The summed E-state index contributed by atoms with van der Waals surface area (Å²) in [5.41, 5.74) is 1.88. The summed E-state index contributed by atoms with van der Waals surface area (Å²) in [4.78, 5) is 32.5. The molecule has 3 aromatic rings. The highest BCUT2D eigenvalue weighted by molar-refractivity contribution is 5.94. The van der Waals surface area contributed by atoms with Crippen LogP contribution in [0, 0.1) is 0 Å². The number of carbonyl (C=O) groups excluding carboxylic acids is 1. The lowest BCUT2D eigenvalue weighted by Crippen LogP contribution is -2.42. The van der Waals surface area contributed by atoms with E-state index in [-0.39, 0.29) is 5.91 Å². The quantitative estimate of drug-likeness (QED) is 0.396. The van der Waals surface area contributed by atoms with Crippen molar-refractivity contribution in [1.29, 1.82) is 0 Å². The van der Waals surface area contributed by atoms with Crippen molar-refractivity contribution < 1.29 is 4.79 Å². The molecule has 36 heavy (non-hydrogen) atoms. The fourth-order valence-electron chi connectivity index (χ4n) is 5.38. The van der Waals surface area contributed by atoms with E-state index in [9.17, 15) is 4.79 Å². The highest BCUT2D eigenvalue weighted by Gasteiger charge is 2.25. The summed E-state index contributed by atoms with van der Waals surface area (Å²) in [6.07, 6.45) is 19.0. The molecule has 1 aliphatic carbocycles. The van der Waals surface area contributed by atoms with E-state index in [4.69, 9.17) is 0 Å². The maximum Gasteiger partial charge on any atom is 0.254 e. The van der Waals surface area contributed by atoms with Crippen LogP contribution in [0.5, 0.6) is 0 Å². The molecule has 190 valence electrons. The van der Waals surface area contributed by atoms with Crippen LogP contribution in [0.3, 0.4) is 0 Å². The molecule has 1 fully saturated rings. The average Bonchev–Trinajstić information content (AvgIpc) is 3.56. The lowest BCUT2D eigenvalue weighted by Gasteiger charge is -2.36. The zero-order valence-corrected chi connectivity index (χ0v) is 20.9. The van der Waals surface area contributed by atoms with E-state index in [2.05, 4.69) is 54.4 Å². The Morgan fingerprint density at radius 1 is 0.917 bits per heavy atom. The van der Waals surface area contributed by atoms with E-state index in [1.165, 1.54) is 57.2 Å². The van der Waals surface area contributed by atoms with Crippen molar-refractivity contribution in [3.8, 4) is 0 Å². The van der Waals surface area contributed by atoms with Crippen molar-refractivity contribution in [2.24, 2.45) is 0 Å². The van der Waals surface area contributed by atoms with Crippen molar-refractivity contribution >= 4 is 5.91 Å². The van der Waals surface area contributed by atoms with Gasteiger partial charge >= 0.3 is 0 Å². The third kappa shape index (κ3) is 6.50. The first kappa shape index (κ1) is 24.5. The summed E-state index contributed by atoms with van der Waals surface area (Å²) < 4.78 is 0. The number of nitrogens with zero attached hydrogens (tertiary/aromatic N) is 4. The van der Waals surface area contributed by atoms with Crippen LogP contribution in [0.25, 0.3) is 0 Å². The molecular formula is C28H37N7O. The van der Waals surface area contributed by atoms with Crippen molar-refractivity contribution in [3.63, 3.8) is 0 Å². The van der Waals surface area contributed by atoms with Crippen molar-refractivity contribution in [2.45, 2.75) is 70.2 Å². The Labute approximate surface area is 213 Å². The summed E-state index contributed by atoms with van der Waals surface area (Å²) in [5.74, 6) is 1.46. The van der Waals surface area contributed by atoms with E-state index >= 15 is 0 Å². The summed E-state index contributed by atoms with van der Waals surface area (Å²) in [6.45, 7) is 4.05. The van der Waals surface area contributed by atoms with Gasteiger partial charge in [0.25, 0.3) is 5.91 Å². The number of hydrogen-bond donors (Lipinski definition) is 3. The van der Waals surface area contributed by atoms with Gasteiger partial charge in [0, 0.05) is 62.1 Å². The lowest BCUT2D eigenvalue weighted by molar-refractivity contribution is 0.0721. The highest BCUT2D eigenvalue weighted by Crippen LogP contribution is 2.25. The number of carbonyl (C=O) groups is 1. The van der Waals surface area contributed by atoms with Gasteiger partial charge in [-0.05, 0) is 56.2 Å². The van der Waals surface area contributed by atoms with Crippen LogP contribution in [-0.2, 0) is 19.6 Å². The predicted octanol–water partition coefficient (Wildman–Crippen LogP) is 4.03. The van der Waals surface area contributed by atoms with E-state index in [0.717, 1.165) is 24.2 Å². The molecule has 0 radical (unpaired) electrons.